The third-order valence-electron chi connectivity index (χ3n) is 2.18. The average Bonchev–Trinajstić information content (AvgIpc) is 2.86. The minimum absolute atomic E-state index is 0.0658. The summed E-state index contributed by atoms with van der Waals surface area (Å²) in [6.07, 6.45) is -0.0362. The number of rotatable bonds is 8. The van der Waals surface area contributed by atoms with Gasteiger partial charge in [0.15, 0.2) is 0 Å². The summed E-state index contributed by atoms with van der Waals surface area (Å²) in [6.45, 7) is 9.72. The molecule has 0 bridgehead atoms. The Kier molecular flexibility index (Phi) is 6.07. The van der Waals surface area contributed by atoms with Crippen molar-refractivity contribution in [2.75, 3.05) is 12.3 Å². The summed E-state index contributed by atoms with van der Waals surface area (Å²) in [4.78, 5) is 0. The molecule has 0 spiro atoms. The van der Waals surface area contributed by atoms with E-state index in [9.17, 15) is 0 Å². The van der Waals surface area contributed by atoms with Crippen molar-refractivity contribution in [2.45, 2.75) is 51.6 Å². The SMILES string of the molecule is CC(C)CSC(CNC1OC1N)NC(C)C. The number of nitrogens with one attached hydrogen (secondary N) is 2. The quantitative estimate of drug-likeness (QED) is 0.440. The Labute approximate surface area is 103 Å². The number of epoxide rings is 1. The van der Waals surface area contributed by atoms with Crippen LogP contribution in [-0.2, 0) is 4.74 Å². The zero-order valence-electron chi connectivity index (χ0n) is 10.7. The van der Waals surface area contributed by atoms with E-state index in [2.05, 4.69) is 38.3 Å². The molecule has 4 N–H and O–H groups in total. The summed E-state index contributed by atoms with van der Waals surface area (Å²) in [5.74, 6) is 1.89. The van der Waals surface area contributed by atoms with E-state index >= 15 is 0 Å². The van der Waals surface area contributed by atoms with E-state index in [1.807, 2.05) is 11.8 Å². The minimum atomic E-state index is -0.102. The Hall–Kier alpha value is 0.190. The van der Waals surface area contributed by atoms with Gasteiger partial charge in [0.2, 0.25) is 0 Å². The maximum atomic E-state index is 5.56. The van der Waals surface area contributed by atoms with Crippen molar-refractivity contribution < 1.29 is 4.74 Å². The van der Waals surface area contributed by atoms with Crippen LogP contribution in [0.25, 0.3) is 0 Å². The summed E-state index contributed by atoms with van der Waals surface area (Å²) in [5, 5.41) is 7.27. The molecule has 0 aromatic rings. The summed E-state index contributed by atoms with van der Waals surface area (Å²) in [5.41, 5.74) is 5.56. The van der Waals surface area contributed by atoms with Gasteiger partial charge >= 0.3 is 0 Å². The van der Waals surface area contributed by atoms with Crippen LogP contribution in [0.2, 0.25) is 0 Å². The molecule has 1 heterocycles. The number of thioether (sulfide) groups is 1. The van der Waals surface area contributed by atoms with E-state index in [1.54, 1.807) is 0 Å². The highest BCUT2D eigenvalue weighted by Crippen LogP contribution is 2.16. The molecule has 1 aliphatic rings. The molecule has 0 saturated carbocycles. The summed E-state index contributed by atoms with van der Waals surface area (Å²) in [6, 6.07) is 0.500. The highest BCUT2D eigenvalue weighted by atomic mass is 32.2. The van der Waals surface area contributed by atoms with Crippen LogP contribution in [0.4, 0.5) is 0 Å². The van der Waals surface area contributed by atoms with Gasteiger partial charge < -0.3 is 15.8 Å². The topological polar surface area (TPSA) is 62.6 Å². The maximum Gasteiger partial charge on any atom is 0.150 e. The van der Waals surface area contributed by atoms with E-state index in [-0.39, 0.29) is 12.5 Å². The molecule has 1 rings (SSSR count). The fourth-order valence-electron chi connectivity index (χ4n) is 1.36. The molecule has 0 aromatic carbocycles. The van der Waals surface area contributed by atoms with Gasteiger partial charge in [-0.3, -0.25) is 5.32 Å². The Morgan fingerprint density at radius 3 is 2.38 bits per heavy atom. The molecule has 96 valence electrons. The first kappa shape index (κ1) is 14.3. The van der Waals surface area contributed by atoms with Crippen molar-refractivity contribution in [2.24, 2.45) is 11.7 Å². The van der Waals surface area contributed by atoms with E-state index < -0.39 is 0 Å². The maximum absolute atomic E-state index is 5.56. The second-order valence-electron chi connectivity index (χ2n) is 4.97. The fourth-order valence-corrected chi connectivity index (χ4v) is 2.56. The molecule has 1 fully saturated rings. The Morgan fingerprint density at radius 2 is 1.94 bits per heavy atom. The third kappa shape index (κ3) is 6.06. The molecule has 1 aliphatic heterocycles. The molecule has 3 unspecified atom stereocenters. The Morgan fingerprint density at radius 1 is 1.31 bits per heavy atom. The van der Waals surface area contributed by atoms with Crippen molar-refractivity contribution in [1.29, 1.82) is 0 Å². The van der Waals surface area contributed by atoms with Crippen LogP contribution < -0.4 is 16.4 Å². The van der Waals surface area contributed by atoms with Gasteiger partial charge in [-0.2, -0.15) is 0 Å². The molecule has 5 heteroatoms. The van der Waals surface area contributed by atoms with Crippen LogP contribution in [0, 0.1) is 5.92 Å². The minimum Gasteiger partial charge on any atom is -0.337 e. The van der Waals surface area contributed by atoms with E-state index in [0.717, 1.165) is 12.5 Å². The van der Waals surface area contributed by atoms with Crippen LogP contribution in [0.15, 0.2) is 0 Å². The lowest BCUT2D eigenvalue weighted by Crippen LogP contribution is -2.41. The van der Waals surface area contributed by atoms with Crippen molar-refractivity contribution in [3.8, 4) is 0 Å². The first-order valence-electron chi connectivity index (χ1n) is 6.01. The number of ether oxygens (including phenoxy) is 1. The molecule has 0 radical (unpaired) electrons. The smallest absolute Gasteiger partial charge is 0.150 e. The van der Waals surface area contributed by atoms with Gasteiger partial charge in [0.25, 0.3) is 0 Å². The van der Waals surface area contributed by atoms with Gasteiger partial charge in [-0.15, -0.1) is 11.8 Å². The van der Waals surface area contributed by atoms with Gasteiger partial charge in [-0.25, -0.2) is 0 Å². The zero-order valence-corrected chi connectivity index (χ0v) is 11.5. The van der Waals surface area contributed by atoms with Gasteiger partial charge in [0.05, 0.1) is 5.37 Å². The molecule has 4 nitrogen and oxygen atoms in total. The van der Waals surface area contributed by atoms with Gasteiger partial charge in [-0.05, 0) is 25.5 Å². The van der Waals surface area contributed by atoms with E-state index in [0.29, 0.717) is 11.4 Å². The van der Waals surface area contributed by atoms with Crippen LogP contribution >= 0.6 is 11.8 Å². The second kappa shape index (κ2) is 6.81. The van der Waals surface area contributed by atoms with Crippen LogP contribution in [-0.4, -0.2) is 36.2 Å². The first-order chi connectivity index (χ1) is 7.49. The van der Waals surface area contributed by atoms with Crippen LogP contribution in [0.3, 0.4) is 0 Å². The first-order valence-corrected chi connectivity index (χ1v) is 7.06. The van der Waals surface area contributed by atoms with Crippen LogP contribution in [0.5, 0.6) is 0 Å². The summed E-state index contributed by atoms with van der Waals surface area (Å²) < 4.78 is 5.13. The molecule has 16 heavy (non-hydrogen) atoms. The number of nitrogens with two attached hydrogens (primary N) is 1. The molecule has 1 saturated heterocycles. The Balaban J connectivity index is 2.19. The van der Waals surface area contributed by atoms with Gasteiger partial charge in [0, 0.05) is 12.6 Å². The highest BCUT2D eigenvalue weighted by Gasteiger charge is 2.35. The van der Waals surface area contributed by atoms with Gasteiger partial charge in [-0.1, -0.05) is 13.8 Å². The molecule has 3 atom stereocenters. The summed E-state index contributed by atoms with van der Waals surface area (Å²) in [7, 11) is 0. The van der Waals surface area contributed by atoms with Crippen molar-refractivity contribution in [3.05, 3.63) is 0 Å². The van der Waals surface area contributed by atoms with Gasteiger partial charge in [0.1, 0.15) is 12.5 Å². The lowest BCUT2D eigenvalue weighted by atomic mass is 10.3. The van der Waals surface area contributed by atoms with E-state index in [4.69, 9.17) is 10.5 Å². The fraction of sp³-hybridized carbons (Fsp3) is 1.00. The lowest BCUT2D eigenvalue weighted by Gasteiger charge is -2.21. The predicted octanol–water partition coefficient (Wildman–Crippen LogP) is 0.930. The summed E-state index contributed by atoms with van der Waals surface area (Å²) >= 11 is 1.96. The molecular formula is C11H25N3OS. The van der Waals surface area contributed by atoms with Crippen molar-refractivity contribution >= 4 is 11.8 Å². The second-order valence-corrected chi connectivity index (χ2v) is 6.20. The van der Waals surface area contributed by atoms with Crippen molar-refractivity contribution in [1.82, 2.24) is 10.6 Å². The van der Waals surface area contributed by atoms with Crippen molar-refractivity contribution in [3.63, 3.8) is 0 Å². The molecule has 0 aliphatic carbocycles. The van der Waals surface area contributed by atoms with Crippen LogP contribution in [0.1, 0.15) is 27.7 Å². The molecule has 0 aromatic heterocycles. The monoisotopic (exact) mass is 247 g/mol. The standard InChI is InChI=1S/C11H25N3OS/c1-7(2)6-16-9(14-8(3)4)5-13-11-10(12)15-11/h7-11,13-14H,5-6,12H2,1-4H3. The third-order valence-corrected chi connectivity index (χ3v) is 3.74. The molecule has 0 amide bonds. The Bertz CT molecular complexity index is 202. The predicted molar refractivity (Wildman–Crippen MR) is 70.2 cm³/mol. The largest absolute Gasteiger partial charge is 0.337 e. The average molecular weight is 247 g/mol. The zero-order chi connectivity index (χ0) is 12.1. The number of hydrogen-bond donors (Lipinski definition) is 3. The van der Waals surface area contributed by atoms with E-state index in [1.165, 1.54) is 5.75 Å². The lowest BCUT2D eigenvalue weighted by molar-refractivity contribution is 0.343. The normalized spacial score (nSPS) is 26.4. The number of hydrogen-bond acceptors (Lipinski definition) is 5. The highest BCUT2D eigenvalue weighted by molar-refractivity contribution is 7.99. The molecular weight excluding hydrogens is 222 g/mol.